The van der Waals surface area contributed by atoms with Crippen LogP contribution in [0.25, 0.3) is 0 Å². The predicted octanol–water partition coefficient (Wildman–Crippen LogP) is 1.45. The molecule has 0 aromatic heterocycles. The molecule has 0 aliphatic carbocycles. The van der Waals surface area contributed by atoms with Gasteiger partial charge in [-0.25, -0.2) is 0 Å². The van der Waals surface area contributed by atoms with Crippen molar-refractivity contribution >= 4 is 11.8 Å². The van der Waals surface area contributed by atoms with Crippen molar-refractivity contribution in [3.63, 3.8) is 0 Å². The van der Waals surface area contributed by atoms with Gasteiger partial charge in [0.05, 0.1) is 6.61 Å². The molecule has 0 fully saturated rings. The highest BCUT2D eigenvalue weighted by Crippen LogP contribution is 2.32. The maximum absolute atomic E-state index is 9.40. The fraction of sp³-hybridized carbons (Fsp3) is 0.333. The first-order chi connectivity index (χ1) is 6.19. The molecule has 1 rings (SSSR count). The summed E-state index contributed by atoms with van der Waals surface area (Å²) < 4.78 is 0. The van der Waals surface area contributed by atoms with Gasteiger partial charge in [-0.1, -0.05) is 0 Å². The lowest BCUT2D eigenvalue weighted by Gasteiger charge is -2.07. The van der Waals surface area contributed by atoms with E-state index < -0.39 is 0 Å². The largest absolute Gasteiger partial charge is 0.504 e. The average Bonchev–Trinajstić information content (AvgIpc) is 2.13. The zero-order chi connectivity index (χ0) is 9.84. The molecule has 0 saturated heterocycles. The summed E-state index contributed by atoms with van der Waals surface area (Å²) in [6.45, 7) is -0.130. The van der Waals surface area contributed by atoms with Crippen molar-refractivity contribution in [3.05, 3.63) is 23.3 Å². The lowest BCUT2D eigenvalue weighted by atomic mass is 10.1. The molecule has 1 aromatic carbocycles. The summed E-state index contributed by atoms with van der Waals surface area (Å²) in [6.07, 6.45) is 1.90. The molecular weight excluding hydrogens is 188 g/mol. The normalized spacial score (nSPS) is 10.3. The summed E-state index contributed by atoms with van der Waals surface area (Å²) in [5.74, 6) is 0.356. The molecule has 0 aliphatic rings. The van der Waals surface area contributed by atoms with Gasteiger partial charge in [0.2, 0.25) is 0 Å². The van der Waals surface area contributed by atoms with E-state index in [4.69, 9.17) is 5.11 Å². The third kappa shape index (κ3) is 2.29. The third-order valence-corrected chi connectivity index (χ3v) is 2.31. The Morgan fingerprint density at radius 1 is 1.31 bits per heavy atom. The van der Waals surface area contributed by atoms with Gasteiger partial charge in [0, 0.05) is 11.3 Å². The van der Waals surface area contributed by atoms with Gasteiger partial charge in [-0.3, -0.25) is 0 Å². The van der Waals surface area contributed by atoms with Gasteiger partial charge in [0.1, 0.15) is 0 Å². The van der Waals surface area contributed by atoms with E-state index in [2.05, 4.69) is 0 Å². The number of phenols is 2. The van der Waals surface area contributed by atoms with Gasteiger partial charge in [0.25, 0.3) is 0 Å². The van der Waals surface area contributed by atoms with E-state index in [0.29, 0.717) is 16.9 Å². The van der Waals surface area contributed by atoms with Gasteiger partial charge < -0.3 is 15.3 Å². The summed E-state index contributed by atoms with van der Waals surface area (Å²) in [6, 6.07) is 3.05. The van der Waals surface area contributed by atoms with Crippen LogP contribution in [0.3, 0.4) is 0 Å². The van der Waals surface area contributed by atoms with Gasteiger partial charge in [0.15, 0.2) is 11.5 Å². The van der Waals surface area contributed by atoms with Gasteiger partial charge in [-0.2, -0.15) is 11.8 Å². The second-order valence-electron chi connectivity index (χ2n) is 2.71. The first-order valence-corrected chi connectivity index (χ1v) is 5.22. The molecule has 0 amide bonds. The Balaban J connectivity index is 3.09. The fourth-order valence-electron chi connectivity index (χ4n) is 1.10. The van der Waals surface area contributed by atoms with Crippen molar-refractivity contribution in [3.8, 4) is 11.5 Å². The number of hydrogen-bond donors (Lipinski definition) is 3. The molecule has 3 nitrogen and oxygen atoms in total. The summed E-state index contributed by atoms with van der Waals surface area (Å²) >= 11 is 1.54. The van der Waals surface area contributed by atoms with Crippen molar-refractivity contribution < 1.29 is 15.3 Å². The topological polar surface area (TPSA) is 60.7 Å². The van der Waals surface area contributed by atoms with Crippen LogP contribution in [0.2, 0.25) is 0 Å². The Hall–Kier alpha value is -0.870. The average molecular weight is 200 g/mol. The second kappa shape index (κ2) is 4.39. The zero-order valence-electron chi connectivity index (χ0n) is 7.32. The maximum atomic E-state index is 9.40. The highest BCUT2D eigenvalue weighted by Gasteiger charge is 2.07. The number of benzene rings is 1. The Morgan fingerprint density at radius 2 is 2.00 bits per heavy atom. The highest BCUT2D eigenvalue weighted by molar-refractivity contribution is 7.97. The summed E-state index contributed by atoms with van der Waals surface area (Å²) in [4.78, 5) is 0. The molecule has 0 unspecified atom stereocenters. The second-order valence-corrected chi connectivity index (χ2v) is 3.58. The van der Waals surface area contributed by atoms with E-state index in [1.807, 2.05) is 6.26 Å². The van der Waals surface area contributed by atoms with Crippen molar-refractivity contribution in [2.24, 2.45) is 0 Å². The Morgan fingerprint density at radius 3 is 2.54 bits per heavy atom. The molecule has 0 bridgehead atoms. The number of aliphatic hydroxyl groups is 1. The van der Waals surface area contributed by atoms with E-state index in [9.17, 15) is 10.2 Å². The molecule has 0 saturated carbocycles. The summed E-state index contributed by atoms with van der Waals surface area (Å²) in [7, 11) is 0. The molecule has 3 N–H and O–H groups in total. The molecular formula is C9H12O3S. The summed E-state index contributed by atoms with van der Waals surface area (Å²) in [5.41, 5.74) is 1.26. The van der Waals surface area contributed by atoms with E-state index >= 15 is 0 Å². The van der Waals surface area contributed by atoms with E-state index in [1.165, 1.54) is 6.07 Å². The van der Waals surface area contributed by atoms with E-state index in [-0.39, 0.29) is 18.1 Å². The van der Waals surface area contributed by atoms with Crippen LogP contribution < -0.4 is 0 Å². The van der Waals surface area contributed by atoms with Crippen molar-refractivity contribution in [1.29, 1.82) is 0 Å². The molecule has 4 heteroatoms. The number of phenolic OH excluding ortho intramolecular Hbond substituents is 2. The molecule has 13 heavy (non-hydrogen) atoms. The third-order valence-electron chi connectivity index (χ3n) is 1.71. The lowest BCUT2D eigenvalue weighted by molar-refractivity contribution is 0.280. The summed E-state index contributed by atoms with van der Waals surface area (Å²) in [5, 5.41) is 27.5. The fourth-order valence-corrected chi connectivity index (χ4v) is 1.63. The van der Waals surface area contributed by atoms with Crippen LogP contribution in [0.15, 0.2) is 12.1 Å². The molecule has 72 valence electrons. The number of thioether (sulfide) groups is 1. The maximum Gasteiger partial charge on any atom is 0.161 e. The minimum absolute atomic E-state index is 0.0912. The van der Waals surface area contributed by atoms with Crippen LogP contribution in [-0.4, -0.2) is 21.6 Å². The molecule has 0 aliphatic heterocycles. The first kappa shape index (κ1) is 10.2. The zero-order valence-corrected chi connectivity index (χ0v) is 8.14. The lowest BCUT2D eigenvalue weighted by Crippen LogP contribution is -1.88. The van der Waals surface area contributed by atoms with Crippen molar-refractivity contribution in [2.75, 3.05) is 6.26 Å². The minimum atomic E-state index is -0.171. The van der Waals surface area contributed by atoms with Crippen LogP contribution in [-0.2, 0) is 12.4 Å². The van der Waals surface area contributed by atoms with Crippen LogP contribution in [0.1, 0.15) is 11.1 Å². The van der Waals surface area contributed by atoms with Crippen LogP contribution >= 0.6 is 11.8 Å². The van der Waals surface area contributed by atoms with E-state index in [0.717, 1.165) is 0 Å². The van der Waals surface area contributed by atoms with Gasteiger partial charge >= 0.3 is 0 Å². The highest BCUT2D eigenvalue weighted by atomic mass is 32.2. The SMILES string of the molecule is CSCc1cc(CO)cc(O)c1O. The molecule has 0 radical (unpaired) electrons. The number of aromatic hydroxyl groups is 2. The number of rotatable bonds is 3. The number of hydrogen-bond acceptors (Lipinski definition) is 4. The monoisotopic (exact) mass is 200 g/mol. The van der Waals surface area contributed by atoms with Crippen LogP contribution in [0.4, 0.5) is 0 Å². The molecule has 0 spiro atoms. The number of aliphatic hydroxyl groups excluding tert-OH is 1. The predicted molar refractivity (Wildman–Crippen MR) is 52.9 cm³/mol. The smallest absolute Gasteiger partial charge is 0.161 e. The Labute approximate surface area is 81.0 Å². The van der Waals surface area contributed by atoms with Crippen LogP contribution in [0, 0.1) is 0 Å². The standard InChI is InChI=1S/C9H12O3S/c1-13-5-7-2-6(4-10)3-8(11)9(7)12/h2-3,10-12H,4-5H2,1H3. The van der Waals surface area contributed by atoms with Gasteiger partial charge in [-0.05, 0) is 24.0 Å². The van der Waals surface area contributed by atoms with Crippen molar-refractivity contribution in [2.45, 2.75) is 12.4 Å². The van der Waals surface area contributed by atoms with Crippen molar-refractivity contribution in [1.82, 2.24) is 0 Å². The molecule has 0 heterocycles. The van der Waals surface area contributed by atoms with Gasteiger partial charge in [-0.15, -0.1) is 0 Å². The quantitative estimate of drug-likeness (QED) is 0.646. The Kier molecular flexibility index (Phi) is 3.45. The minimum Gasteiger partial charge on any atom is -0.504 e. The van der Waals surface area contributed by atoms with E-state index in [1.54, 1.807) is 17.8 Å². The molecule has 1 aromatic rings. The molecule has 0 atom stereocenters. The first-order valence-electron chi connectivity index (χ1n) is 3.82. The van der Waals surface area contributed by atoms with Crippen LogP contribution in [0.5, 0.6) is 11.5 Å². The Bertz CT molecular complexity index is 299.